The Morgan fingerprint density at radius 2 is 1.82 bits per heavy atom. The SMILES string of the molecule is CC(C)NC(=O)COc1ccc(C(=O)NC2CCCC2)cc1. The quantitative estimate of drug-likeness (QED) is 0.847. The van der Waals surface area contributed by atoms with Gasteiger partial charge in [-0.1, -0.05) is 12.8 Å². The number of hydrogen-bond donors (Lipinski definition) is 2. The van der Waals surface area contributed by atoms with Gasteiger partial charge in [-0.15, -0.1) is 0 Å². The van der Waals surface area contributed by atoms with Crippen molar-refractivity contribution in [2.24, 2.45) is 0 Å². The number of rotatable bonds is 6. The minimum atomic E-state index is -0.155. The summed E-state index contributed by atoms with van der Waals surface area (Å²) in [5, 5.41) is 5.80. The van der Waals surface area contributed by atoms with Gasteiger partial charge in [-0.3, -0.25) is 9.59 Å². The molecule has 120 valence electrons. The molecule has 2 amide bonds. The Bertz CT molecular complexity index is 505. The molecule has 0 aromatic heterocycles. The first-order valence-corrected chi connectivity index (χ1v) is 7.87. The molecule has 0 aliphatic heterocycles. The lowest BCUT2D eigenvalue weighted by atomic mass is 10.1. The molecule has 0 unspecified atom stereocenters. The molecule has 0 radical (unpaired) electrons. The van der Waals surface area contributed by atoms with Crippen LogP contribution in [0.3, 0.4) is 0 Å². The molecule has 0 saturated heterocycles. The summed E-state index contributed by atoms with van der Waals surface area (Å²) in [7, 11) is 0. The number of amides is 2. The average molecular weight is 304 g/mol. The number of hydrogen-bond acceptors (Lipinski definition) is 3. The van der Waals surface area contributed by atoms with Crippen LogP contribution in [-0.2, 0) is 4.79 Å². The number of carbonyl (C=O) groups excluding carboxylic acids is 2. The first kappa shape index (κ1) is 16.3. The number of benzene rings is 1. The molecule has 2 rings (SSSR count). The first-order valence-electron chi connectivity index (χ1n) is 7.87. The topological polar surface area (TPSA) is 67.4 Å². The van der Waals surface area contributed by atoms with Crippen LogP contribution in [0.5, 0.6) is 5.75 Å². The van der Waals surface area contributed by atoms with Crippen molar-refractivity contribution >= 4 is 11.8 Å². The van der Waals surface area contributed by atoms with E-state index in [1.807, 2.05) is 13.8 Å². The van der Waals surface area contributed by atoms with Crippen molar-refractivity contribution in [2.45, 2.75) is 51.6 Å². The molecule has 1 fully saturated rings. The minimum absolute atomic E-state index is 0.0220. The van der Waals surface area contributed by atoms with E-state index in [0.717, 1.165) is 12.8 Å². The third-order valence-electron chi connectivity index (χ3n) is 3.63. The molecule has 1 saturated carbocycles. The maximum absolute atomic E-state index is 12.1. The van der Waals surface area contributed by atoms with Crippen LogP contribution in [0.25, 0.3) is 0 Å². The van der Waals surface area contributed by atoms with Gasteiger partial charge in [0.1, 0.15) is 5.75 Å². The van der Waals surface area contributed by atoms with Crippen molar-refractivity contribution in [3.8, 4) is 5.75 Å². The van der Waals surface area contributed by atoms with E-state index in [0.29, 0.717) is 17.4 Å². The van der Waals surface area contributed by atoms with Crippen LogP contribution in [0, 0.1) is 0 Å². The van der Waals surface area contributed by atoms with E-state index in [1.54, 1.807) is 24.3 Å². The Hall–Kier alpha value is -2.04. The van der Waals surface area contributed by atoms with Gasteiger partial charge < -0.3 is 15.4 Å². The molecule has 5 nitrogen and oxygen atoms in total. The van der Waals surface area contributed by atoms with Gasteiger partial charge in [0.2, 0.25) is 0 Å². The smallest absolute Gasteiger partial charge is 0.258 e. The van der Waals surface area contributed by atoms with E-state index in [-0.39, 0.29) is 24.5 Å². The Kier molecular flexibility index (Phi) is 5.81. The molecule has 22 heavy (non-hydrogen) atoms. The van der Waals surface area contributed by atoms with Gasteiger partial charge >= 0.3 is 0 Å². The summed E-state index contributed by atoms with van der Waals surface area (Å²) in [6.07, 6.45) is 4.52. The van der Waals surface area contributed by atoms with Gasteiger partial charge in [-0.25, -0.2) is 0 Å². The van der Waals surface area contributed by atoms with Crippen LogP contribution in [0.15, 0.2) is 24.3 Å². The zero-order valence-corrected chi connectivity index (χ0v) is 13.2. The Morgan fingerprint density at radius 1 is 1.18 bits per heavy atom. The summed E-state index contributed by atoms with van der Waals surface area (Å²) in [6, 6.07) is 7.28. The van der Waals surface area contributed by atoms with E-state index in [2.05, 4.69) is 10.6 Å². The molecular formula is C17H24N2O3. The predicted octanol–water partition coefficient (Wildman–Crippen LogP) is 2.26. The fourth-order valence-electron chi connectivity index (χ4n) is 2.55. The lowest BCUT2D eigenvalue weighted by Gasteiger charge is -2.12. The van der Waals surface area contributed by atoms with E-state index >= 15 is 0 Å². The van der Waals surface area contributed by atoms with Crippen LogP contribution < -0.4 is 15.4 Å². The molecule has 2 N–H and O–H groups in total. The second kappa shape index (κ2) is 7.82. The third kappa shape index (κ3) is 5.06. The summed E-state index contributed by atoms with van der Waals surface area (Å²) >= 11 is 0. The van der Waals surface area contributed by atoms with Crippen LogP contribution in [-0.4, -0.2) is 30.5 Å². The second-order valence-electron chi connectivity index (χ2n) is 5.99. The highest BCUT2D eigenvalue weighted by molar-refractivity contribution is 5.94. The molecule has 1 aliphatic carbocycles. The maximum Gasteiger partial charge on any atom is 0.258 e. The Labute approximate surface area is 131 Å². The van der Waals surface area contributed by atoms with Crippen molar-refractivity contribution < 1.29 is 14.3 Å². The van der Waals surface area contributed by atoms with E-state index in [4.69, 9.17) is 4.74 Å². The highest BCUT2D eigenvalue weighted by atomic mass is 16.5. The largest absolute Gasteiger partial charge is 0.484 e. The van der Waals surface area contributed by atoms with Gasteiger partial charge in [-0.2, -0.15) is 0 Å². The lowest BCUT2D eigenvalue weighted by molar-refractivity contribution is -0.123. The maximum atomic E-state index is 12.1. The monoisotopic (exact) mass is 304 g/mol. The first-order chi connectivity index (χ1) is 10.5. The van der Waals surface area contributed by atoms with Gasteiger partial charge in [-0.05, 0) is 51.0 Å². The molecule has 0 atom stereocenters. The lowest BCUT2D eigenvalue weighted by Crippen LogP contribution is -2.34. The highest BCUT2D eigenvalue weighted by Crippen LogP contribution is 2.18. The molecule has 0 spiro atoms. The van der Waals surface area contributed by atoms with Crippen LogP contribution in [0.2, 0.25) is 0 Å². The van der Waals surface area contributed by atoms with Crippen LogP contribution in [0.1, 0.15) is 49.9 Å². The molecule has 1 aromatic rings. The standard InChI is InChI=1S/C17H24N2O3/c1-12(2)18-16(20)11-22-15-9-7-13(8-10-15)17(21)19-14-5-3-4-6-14/h7-10,12,14H,3-6,11H2,1-2H3,(H,18,20)(H,19,21). The van der Waals surface area contributed by atoms with Gasteiger partial charge in [0.25, 0.3) is 11.8 Å². The van der Waals surface area contributed by atoms with Gasteiger partial charge in [0, 0.05) is 17.6 Å². The van der Waals surface area contributed by atoms with E-state index in [9.17, 15) is 9.59 Å². The minimum Gasteiger partial charge on any atom is -0.484 e. The van der Waals surface area contributed by atoms with Gasteiger partial charge in [0.15, 0.2) is 6.61 Å². The summed E-state index contributed by atoms with van der Waals surface area (Å²) in [5.41, 5.74) is 0.617. The second-order valence-corrected chi connectivity index (χ2v) is 5.99. The zero-order valence-electron chi connectivity index (χ0n) is 13.2. The molecule has 0 heterocycles. The van der Waals surface area contributed by atoms with E-state index in [1.165, 1.54) is 12.8 Å². The third-order valence-corrected chi connectivity index (χ3v) is 3.63. The van der Waals surface area contributed by atoms with Crippen LogP contribution in [0.4, 0.5) is 0 Å². The molecular weight excluding hydrogens is 280 g/mol. The number of carbonyl (C=O) groups is 2. The van der Waals surface area contributed by atoms with Gasteiger partial charge in [0.05, 0.1) is 0 Å². The highest BCUT2D eigenvalue weighted by Gasteiger charge is 2.17. The van der Waals surface area contributed by atoms with Crippen LogP contribution >= 0.6 is 0 Å². The molecule has 1 aromatic carbocycles. The summed E-state index contributed by atoms with van der Waals surface area (Å²) in [4.78, 5) is 23.6. The Morgan fingerprint density at radius 3 is 2.41 bits per heavy atom. The van der Waals surface area contributed by atoms with E-state index < -0.39 is 0 Å². The Balaban J connectivity index is 1.81. The summed E-state index contributed by atoms with van der Waals surface area (Å²) in [5.74, 6) is 0.380. The predicted molar refractivity (Wildman–Crippen MR) is 84.9 cm³/mol. The number of nitrogens with one attached hydrogen (secondary N) is 2. The van der Waals surface area contributed by atoms with Crippen molar-refractivity contribution in [2.75, 3.05) is 6.61 Å². The van der Waals surface area contributed by atoms with Crippen molar-refractivity contribution in [1.29, 1.82) is 0 Å². The fourth-order valence-corrected chi connectivity index (χ4v) is 2.55. The number of ether oxygens (including phenoxy) is 1. The summed E-state index contributed by atoms with van der Waals surface area (Å²) < 4.78 is 5.39. The normalized spacial score (nSPS) is 14.9. The van der Waals surface area contributed by atoms with Crippen molar-refractivity contribution in [1.82, 2.24) is 10.6 Å². The van der Waals surface area contributed by atoms with Crippen molar-refractivity contribution in [3.05, 3.63) is 29.8 Å². The molecule has 0 bridgehead atoms. The molecule has 5 heteroatoms. The average Bonchev–Trinajstić information content (AvgIpc) is 2.98. The molecule has 1 aliphatic rings. The fraction of sp³-hybridized carbons (Fsp3) is 0.529. The zero-order chi connectivity index (χ0) is 15.9. The van der Waals surface area contributed by atoms with Crippen molar-refractivity contribution in [3.63, 3.8) is 0 Å². The summed E-state index contributed by atoms with van der Waals surface area (Å²) in [6.45, 7) is 3.77.